The number of likely N-dealkylation sites (tertiary alicyclic amines) is 1. The molecule has 1 aromatic carbocycles. The maximum Gasteiger partial charge on any atom is 0.416 e. The van der Waals surface area contributed by atoms with Gasteiger partial charge in [-0.05, 0) is 44.5 Å². The number of nitrogens with zero attached hydrogens (tertiary/aromatic N) is 1. The number of alkyl halides is 3. The minimum Gasteiger partial charge on any atom is -0.309 e. The van der Waals surface area contributed by atoms with Gasteiger partial charge in [0.25, 0.3) is 0 Å². The number of hydrogen-bond acceptors (Lipinski definition) is 2. The molecule has 0 amide bonds. The zero-order chi connectivity index (χ0) is 14.6. The highest BCUT2D eigenvalue weighted by Gasteiger charge is 2.33. The highest BCUT2D eigenvalue weighted by Crippen LogP contribution is 2.34. The van der Waals surface area contributed by atoms with Crippen molar-refractivity contribution in [3.05, 3.63) is 35.4 Å². The zero-order valence-electron chi connectivity index (χ0n) is 11.7. The molecule has 20 heavy (non-hydrogen) atoms. The molecule has 0 radical (unpaired) electrons. The van der Waals surface area contributed by atoms with E-state index >= 15 is 0 Å². The van der Waals surface area contributed by atoms with E-state index in [4.69, 9.17) is 0 Å². The Morgan fingerprint density at radius 2 is 1.85 bits per heavy atom. The molecule has 5 heteroatoms. The lowest BCUT2D eigenvalue weighted by Gasteiger charge is -2.21. The summed E-state index contributed by atoms with van der Waals surface area (Å²) in [4.78, 5) is 2.34. The molecule has 1 unspecified atom stereocenters. The number of nitrogens with one attached hydrogen (secondary N) is 1. The predicted octanol–water partition coefficient (Wildman–Crippen LogP) is 3.45. The molecule has 1 saturated heterocycles. The van der Waals surface area contributed by atoms with Crippen LogP contribution in [0.4, 0.5) is 13.2 Å². The molecule has 1 aliphatic rings. The molecule has 1 atom stereocenters. The monoisotopic (exact) mass is 286 g/mol. The smallest absolute Gasteiger partial charge is 0.309 e. The third-order valence-electron chi connectivity index (χ3n) is 3.81. The molecule has 0 spiro atoms. The van der Waals surface area contributed by atoms with Gasteiger partial charge in [0.15, 0.2) is 0 Å². The van der Waals surface area contributed by atoms with Crippen molar-refractivity contribution in [3.8, 4) is 0 Å². The average molecular weight is 286 g/mol. The van der Waals surface area contributed by atoms with E-state index in [0.29, 0.717) is 12.1 Å². The summed E-state index contributed by atoms with van der Waals surface area (Å²) in [5.74, 6) is 0. The number of hydrogen-bond donors (Lipinski definition) is 1. The number of benzene rings is 1. The molecular weight excluding hydrogens is 265 g/mol. The van der Waals surface area contributed by atoms with Crippen LogP contribution in [0.1, 0.15) is 36.9 Å². The van der Waals surface area contributed by atoms with Crippen LogP contribution in [0.15, 0.2) is 24.3 Å². The normalized spacial score (nSPS) is 18.4. The van der Waals surface area contributed by atoms with Gasteiger partial charge in [0, 0.05) is 19.1 Å². The topological polar surface area (TPSA) is 15.3 Å². The van der Waals surface area contributed by atoms with Crippen LogP contribution in [0.3, 0.4) is 0 Å². The first-order valence-electron chi connectivity index (χ1n) is 7.10. The largest absolute Gasteiger partial charge is 0.416 e. The van der Waals surface area contributed by atoms with Gasteiger partial charge in [0.1, 0.15) is 0 Å². The van der Waals surface area contributed by atoms with Gasteiger partial charge in [0.2, 0.25) is 0 Å². The van der Waals surface area contributed by atoms with Crippen molar-refractivity contribution in [3.63, 3.8) is 0 Å². The molecule has 1 fully saturated rings. The minimum absolute atomic E-state index is 0.296. The van der Waals surface area contributed by atoms with Crippen LogP contribution in [0.2, 0.25) is 0 Å². The average Bonchev–Trinajstić information content (AvgIpc) is 2.91. The lowest BCUT2D eigenvalue weighted by molar-refractivity contribution is -0.138. The van der Waals surface area contributed by atoms with Gasteiger partial charge >= 0.3 is 6.18 Å². The molecule has 0 bridgehead atoms. The van der Waals surface area contributed by atoms with E-state index in [2.05, 4.69) is 10.2 Å². The van der Waals surface area contributed by atoms with Crippen LogP contribution in [0.25, 0.3) is 0 Å². The van der Waals surface area contributed by atoms with Gasteiger partial charge < -0.3 is 10.2 Å². The summed E-state index contributed by atoms with van der Waals surface area (Å²) < 4.78 is 38.8. The van der Waals surface area contributed by atoms with E-state index in [-0.39, 0.29) is 6.04 Å². The third-order valence-corrected chi connectivity index (χ3v) is 3.81. The molecule has 1 N–H and O–H groups in total. The molecule has 0 aliphatic carbocycles. The van der Waals surface area contributed by atoms with Gasteiger partial charge in [-0.15, -0.1) is 0 Å². The highest BCUT2D eigenvalue weighted by atomic mass is 19.4. The summed E-state index contributed by atoms with van der Waals surface area (Å²) in [6.07, 6.45) is -1.83. The zero-order valence-corrected chi connectivity index (χ0v) is 11.7. The second-order valence-electron chi connectivity index (χ2n) is 5.31. The van der Waals surface area contributed by atoms with Crippen LogP contribution in [-0.2, 0) is 6.18 Å². The predicted molar refractivity (Wildman–Crippen MR) is 73.5 cm³/mol. The molecule has 0 aromatic heterocycles. The van der Waals surface area contributed by atoms with Crippen LogP contribution < -0.4 is 5.32 Å². The van der Waals surface area contributed by atoms with Gasteiger partial charge in [-0.1, -0.05) is 18.2 Å². The summed E-state index contributed by atoms with van der Waals surface area (Å²) in [5, 5.41) is 3.20. The Morgan fingerprint density at radius 3 is 2.50 bits per heavy atom. The standard InChI is InChI=1S/C15H21F3N2/c1-12(19-8-11-20-9-4-5-10-20)13-6-2-3-7-14(13)15(16,17)18/h2-3,6-7,12,19H,4-5,8-11H2,1H3. The molecule has 112 valence electrons. The van der Waals surface area contributed by atoms with Crippen molar-refractivity contribution < 1.29 is 13.2 Å². The van der Waals surface area contributed by atoms with Crippen LogP contribution in [0, 0.1) is 0 Å². The van der Waals surface area contributed by atoms with Crippen LogP contribution >= 0.6 is 0 Å². The summed E-state index contributed by atoms with van der Waals surface area (Å²) >= 11 is 0. The number of halogens is 3. The fourth-order valence-electron chi connectivity index (χ4n) is 2.69. The van der Waals surface area contributed by atoms with E-state index in [1.807, 2.05) is 0 Å². The molecule has 1 aromatic rings. The first-order chi connectivity index (χ1) is 9.48. The SMILES string of the molecule is CC(NCCN1CCCC1)c1ccccc1C(F)(F)F. The maximum atomic E-state index is 12.9. The van der Waals surface area contributed by atoms with Crippen molar-refractivity contribution in [2.45, 2.75) is 32.0 Å². The first kappa shape index (κ1) is 15.3. The van der Waals surface area contributed by atoms with Crippen molar-refractivity contribution >= 4 is 0 Å². The van der Waals surface area contributed by atoms with E-state index in [0.717, 1.165) is 25.7 Å². The Hall–Kier alpha value is -1.07. The van der Waals surface area contributed by atoms with Crippen molar-refractivity contribution in [1.82, 2.24) is 10.2 Å². The fraction of sp³-hybridized carbons (Fsp3) is 0.600. The van der Waals surface area contributed by atoms with E-state index in [1.54, 1.807) is 19.1 Å². The molecule has 2 rings (SSSR count). The Kier molecular flexibility index (Phi) is 5.05. The summed E-state index contributed by atoms with van der Waals surface area (Å²) in [7, 11) is 0. The second-order valence-corrected chi connectivity index (χ2v) is 5.31. The Labute approximate surface area is 118 Å². The first-order valence-corrected chi connectivity index (χ1v) is 7.10. The second kappa shape index (κ2) is 6.59. The lowest BCUT2D eigenvalue weighted by atomic mass is 10.0. The van der Waals surface area contributed by atoms with Gasteiger partial charge in [-0.25, -0.2) is 0 Å². The molecule has 0 saturated carbocycles. The summed E-state index contributed by atoms with van der Waals surface area (Å²) in [6, 6.07) is 5.49. The third kappa shape index (κ3) is 3.96. The maximum absolute atomic E-state index is 12.9. The summed E-state index contributed by atoms with van der Waals surface area (Å²) in [6.45, 7) is 5.62. The number of rotatable bonds is 5. The summed E-state index contributed by atoms with van der Waals surface area (Å²) in [5.41, 5.74) is -0.220. The molecule has 1 heterocycles. The highest BCUT2D eigenvalue weighted by molar-refractivity contribution is 5.32. The van der Waals surface area contributed by atoms with Crippen molar-refractivity contribution in [2.24, 2.45) is 0 Å². The van der Waals surface area contributed by atoms with Gasteiger partial charge in [0.05, 0.1) is 5.56 Å². The molecular formula is C15H21F3N2. The minimum atomic E-state index is -4.29. The lowest BCUT2D eigenvalue weighted by Crippen LogP contribution is -2.32. The fourth-order valence-corrected chi connectivity index (χ4v) is 2.69. The van der Waals surface area contributed by atoms with E-state index < -0.39 is 11.7 Å². The van der Waals surface area contributed by atoms with E-state index in [9.17, 15) is 13.2 Å². The Balaban J connectivity index is 1.93. The Morgan fingerprint density at radius 1 is 1.20 bits per heavy atom. The van der Waals surface area contributed by atoms with Crippen molar-refractivity contribution in [1.29, 1.82) is 0 Å². The van der Waals surface area contributed by atoms with E-state index in [1.165, 1.54) is 18.9 Å². The van der Waals surface area contributed by atoms with Gasteiger partial charge in [-0.3, -0.25) is 0 Å². The Bertz CT molecular complexity index is 425. The molecule has 1 aliphatic heterocycles. The molecule has 2 nitrogen and oxygen atoms in total. The quantitative estimate of drug-likeness (QED) is 0.892. The van der Waals surface area contributed by atoms with Gasteiger partial charge in [-0.2, -0.15) is 13.2 Å². The van der Waals surface area contributed by atoms with Crippen LogP contribution in [-0.4, -0.2) is 31.1 Å². The van der Waals surface area contributed by atoms with Crippen molar-refractivity contribution in [2.75, 3.05) is 26.2 Å². The van der Waals surface area contributed by atoms with Crippen LogP contribution in [0.5, 0.6) is 0 Å².